The third-order valence-corrected chi connectivity index (χ3v) is 4.22. The summed E-state index contributed by atoms with van der Waals surface area (Å²) in [5.41, 5.74) is 1.03. The lowest BCUT2D eigenvalue weighted by Gasteiger charge is -2.21. The molecular weight excluding hydrogens is 356 g/mol. The Labute approximate surface area is 134 Å². The molecular formula is C14H13BrN2O3S. The van der Waals surface area contributed by atoms with Gasteiger partial charge in [0.15, 0.2) is 0 Å². The summed E-state index contributed by atoms with van der Waals surface area (Å²) in [6.07, 6.45) is 0. The van der Waals surface area contributed by atoms with Gasteiger partial charge in [0.2, 0.25) is 0 Å². The maximum absolute atomic E-state index is 12.5. The van der Waals surface area contributed by atoms with Gasteiger partial charge in [0.25, 0.3) is 5.91 Å². The highest BCUT2D eigenvalue weighted by Crippen LogP contribution is 2.25. The van der Waals surface area contributed by atoms with Gasteiger partial charge in [0.1, 0.15) is 0 Å². The zero-order valence-corrected chi connectivity index (χ0v) is 13.5. The number of nitro groups is 1. The normalized spacial score (nSPS) is 10.3. The van der Waals surface area contributed by atoms with Gasteiger partial charge < -0.3 is 4.90 Å². The van der Waals surface area contributed by atoms with Crippen LogP contribution in [0.25, 0.3) is 0 Å². The fraction of sp³-hybridized carbons (Fsp3) is 0.214. The maximum atomic E-state index is 12.5. The first-order valence-electron chi connectivity index (χ1n) is 6.25. The number of benzene rings is 1. The quantitative estimate of drug-likeness (QED) is 0.443. The number of thiophene rings is 1. The van der Waals surface area contributed by atoms with E-state index in [4.69, 9.17) is 0 Å². The lowest BCUT2D eigenvalue weighted by atomic mass is 10.2. The van der Waals surface area contributed by atoms with Crippen molar-refractivity contribution in [2.45, 2.75) is 6.54 Å². The van der Waals surface area contributed by atoms with Crippen LogP contribution in [-0.4, -0.2) is 27.6 Å². The molecule has 7 heteroatoms. The van der Waals surface area contributed by atoms with E-state index in [1.165, 1.54) is 12.1 Å². The highest BCUT2D eigenvalue weighted by atomic mass is 79.9. The van der Waals surface area contributed by atoms with Gasteiger partial charge in [-0.25, -0.2) is 0 Å². The highest BCUT2D eigenvalue weighted by Gasteiger charge is 2.20. The summed E-state index contributed by atoms with van der Waals surface area (Å²) in [5.74, 6) is -0.184. The molecule has 0 atom stereocenters. The number of carbonyl (C=O) groups excluding carboxylic acids is 1. The van der Waals surface area contributed by atoms with Crippen LogP contribution >= 0.6 is 27.3 Å². The van der Waals surface area contributed by atoms with Crippen LogP contribution in [0.1, 0.15) is 15.2 Å². The van der Waals surface area contributed by atoms with Crippen molar-refractivity contribution in [1.29, 1.82) is 0 Å². The number of amides is 1. The minimum absolute atomic E-state index is 0.0168. The predicted octanol–water partition coefficient (Wildman–Crippen LogP) is 3.69. The average molecular weight is 369 g/mol. The van der Waals surface area contributed by atoms with E-state index in [0.717, 1.165) is 16.9 Å². The zero-order valence-electron chi connectivity index (χ0n) is 11.1. The summed E-state index contributed by atoms with van der Waals surface area (Å²) in [7, 11) is 0. The Balaban J connectivity index is 2.16. The second-order valence-electron chi connectivity index (χ2n) is 4.30. The summed E-state index contributed by atoms with van der Waals surface area (Å²) in [6, 6.07) is 12.5. The summed E-state index contributed by atoms with van der Waals surface area (Å²) in [4.78, 5) is 24.8. The first-order chi connectivity index (χ1) is 10.1. The smallest absolute Gasteiger partial charge is 0.324 e. The topological polar surface area (TPSA) is 63.4 Å². The molecule has 1 amide bonds. The van der Waals surface area contributed by atoms with Crippen LogP contribution in [0.5, 0.6) is 0 Å². The summed E-state index contributed by atoms with van der Waals surface area (Å²) >= 11 is 4.24. The molecule has 0 saturated heterocycles. The van der Waals surface area contributed by atoms with Gasteiger partial charge in [-0.2, -0.15) is 0 Å². The van der Waals surface area contributed by atoms with Crippen LogP contribution in [0, 0.1) is 10.1 Å². The van der Waals surface area contributed by atoms with Gasteiger partial charge in [-0.15, -0.1) is 0 Å². The van der Waals surface area contributed by atoms with Gasteiger partial charge in [0.05, 0.1) is 9.80 Å². The summed E-state index contributed by atoms with van der Waals surface area (Å²) in [6.45, 7) is 1.02. The molecule has 1 heterocycles. The zero-order chi connectivity index (χ0) is 15.2. The molecule has 0 aliphatic heterocycles. The summed E-state index contributed by atoms with van der Waals surface area (Å²) < 4.78 is 0. The molecule has 0 N–H and O–H groups in total. The molecule has 0 aliphatic rings. The van der Waals surface area contributed by atoms with Crippen LogP contribution in [-0.2, 0) is 6.54 Å². The van der Waals surface area contributed by atoms with Crippen LogP contribution in [0.15, 0.2) is 42.5 Å². The van der Waals surface area contributed by atoms with Gasteiger partial charge in [0, 0.05) is 24.5 Å². The van der Waals surface area contributed by atoms with E-state index in [9.17, 15) is 14.9 Å². The molecule has 2 rings (SSSR count). The number of alkyl halides is 1. The molecule has 5 nitrogen and oxygen atoms in total. The Bertz CT molecular complexity index is 630. The molecule has 21 heavy (non-hydrogen) atoms. The molecule has 0 radical (unpaired) electrons. The van der Waals surface area contributed by atoms with Crippen molar-refractivity contribution in [3.63, 3.8) is 0 Å². The van der Waals surface area contributed by atoms with E-state index in [-0.39, 0.29) is 10.9 Å². The molecule has 0 unspecified atom stereocenters. The monoisotopic (exact) mass is 368 g/mol. The first-order valence-corrected chi connectivity index (χ1v) is 8.19. The number of hydrogen-bond donors (Lipinski definition) is 0. The van der Waals surface area contributed by atoms with Crippen LogP contribution in [0.2, 0.25) is 0 Å². The van der Waals surface area contributed by atoms with Gasteiger partial charge in [-0.1, -0.05) is 57.6 Å². The Morgan fingerprint density at radius 3 is 2.52 bits per heavy atom. The Kier molecular flexibility index (Phi) is 5.46. The second kappa shape index (κ2) is 7.33. The Hall–Kier alpha value is -1.73. The fourth-order valence-corrected chi connectivity index (χ4v) is 3.07. The van der Waals surface area contributed by atoms with Crippen molar-refractivity contribution >= 4 is 38.2 Å². The van der Waals surface area contributed by atoms with Crippen molar-refractivity contribution in [3.05, 3.63) is 63.0 Å². The molecule has 0 saturated carbocycles. The fourth-order valence-electron chi connectivity index (χ4n) is 1.85. The largest absolute Gasteiger partial charge is 0.333 e. The van der Waals surface area contributed by atoms with Crippen molar-refractivity contribution in [2.24, 2.45) is 0 Å². The molecule has 0 spiro atoms. The van der Waals surface area contributed by atoms with Gasteiger partial charge in [-0.05, 0) is 11.6 Å². The molecule has 1 aromatic carbocycles. The minimum Gasteiger partial charge on any atom is -0.333 e. The van der Waals surface area contributed by atoms with Crippen molar-refractivity contribution < 1.29 is 9.72 Å². The van der Waals surface area contributed by atoms with E-state index < -0.39 is 4.92 Å². The maximum Gasteiger partial charge on any atom is 0.324 e. The third-order valence-electron chi connectivity index (χ3n) is 2.84. The predicted molar refractivity (Wildman–Crippen MR) is 85.9 cm³/mol. The van der Waals surface area contributed by atoms with E-state index in [1.807, 2.05) is 30.3 Å². The SMILES string of the molecule is O=C(c1ccc([N+](=O)[O-])s1)N(CCBr)Cc1ccccc1. The standard InChI is InChI=1S/C14H13BrN2O3S/c15-8-9-16(10-11-4-2-1-3-5-11)14(18)12-6-7-13(21-12)17(19)20/h1-7H,8-10H2. The van der Waals surface area contributed by atoms with Crippen LogP contribution in [0.4, 0.5) is 5.00 Å². The van der Waals surface area contributed by atoms with Crippen molar-refractivity contribution in [2.75, 3.05) is 11.9 Å². The van der Waals surface area contributed by atoms with Crippen LogP contribution < -0.4 is 0 Å². The van der Waals surface area contributed by atoms with E-state index in [2.05, 4.69) is 15.9 Å². The van der Waals surface area contributed by atoms with Crippen molar-refractivity contribution in [3.8, 4) is 0 Å². The van der Waals surface area contributed by atoms with E-state index in [0.29, 0.717) is 23.3 Å². The van der Waals surface area contributed by atoms with E-state index in [1.54, 1.807) is 4.90 Å². The number of hydrogen-bond acceptors (Lipinski definition) is 4. The third kappa shape index (κ3) is 4.12. The molecule has 0 fully saturated rings. The van der Waals surface area contributed by atoms with Gasteiger partial charge >= 0.3 is 5.00 Å². The summed E-state index contributed by atoms with van der Waals surface area (Å²) in [5, 5.41) is 11.3. The Morgan fingerprint density at radius 2 is 1.95 bits per heavy atom. The molecule has 0 bridgehead atoms. The van der Waals surface area contributed by atoms with Gasteiger partial charge in [-0.3, -0.25) is 14.9 Å². The number of carbonyl (C=O) groups is 1. The molecule has 0 aliphatic carbocycles. The van der Waals surface area contributed by atoms with Crippen LogP contribution in [0.3, 0.4) is 0 Å². The Morgan fingerprint density at radius 1 is 1.24 bits per heavy atom. The molecule has 110 valence electrons. The minimum atomic E-state index is -0.479. The lowest BCUT2D eigenvalue weighted by molar-refractivity contribution is -0.380. The number of halogens is 1. The molecule has 2 aromatic rings. The highest BCUT2D eigenvalue weighted by molar-refractivity contribution is 9.09. The second-order valence-corrected chi connectivity index (χ2v) is 6.15. The molecule has 1 aromatic heterocycles. The number of rotatable bonds is 6. The first kappa shape index (κ1) is 15.7. The van der Waals surface area contributed by atoms with E-state index >= 15 is 0 Å². The van der Waals surface area contributed by atoms with Crippen molar-refractivity contribution in [1.82, 2.24) is 4.90 Å². The average Bonchev–Trinajstić information content (AvgIpc) is 2.97. The lowest BCUT2D eigenvalue weighted by Crippen LogP contribution is -2.31. The number of nitrogens with zero attached hydrogens (tertiary/aromatic N) is 2.